The summed E-state index contributed by atoms with van der Waals surface area (Å²) in [5.41, 5.74) is 3.89. The van der Waals surface area contributed by atoms with E-state index in [4.69, 9.17) is 4.74 Å². The second-order valence-corrected chi connectivity index (χ2v) is 5.67. The van der Waals surface area contributed by atoms with Crippen LogP contribution in [0.25, 0.3) is 0 Å². The normalized spacial score (nSPS) is 15.2. The van der Waals surface area contributed by atoms with Gasteiger partial charge < -0.3 is 19.9 Å². The van der Waals surface area contributed by atoms with Gasteiger partial charge >= 0.3 is 0 Å². The number of aromatic nitrogens is 1. The summed E-state index contributed by atoms with van der Waals surface area (Å²) >= 11 is 0. The molecule has 4 rings (SSSR count). The zero-order valence-electron chi connectivity index (χ0n) is 15.2. The van der Waals surface area contributed by atoms with Gasteiger partial charge in [-0.05, 0) is 24.3 Å². The van der Waals surface area contributed by atoms with Crippen molar-refractivity contribution in [2.24, 2.45) is 0 Å². The Balaban J connectivity index is 0.000000883. The van der Waals surface area contributed by atoms with Crippen LogP contribution < -0.4 is 15.1 Å². The average Bonchev–Trinajstić information content (AvgIpc) is 2.86. The molecule has 2 aromatic rings. The summed E-state index contributed by atoms with van der Waals surface area (Å²) in [6.07, 6.45) is 2.63. The van der Waals surface area contributed by atoms with Crippen LogP contribution in [0.15, 0.2) is 36.5 Å². The van der Waals surface area contributed by atoms with Crippen LogP contribution in [0.4, 0.5) is 22.9 Å². The monoisotopic (exact) mass is 393 g/mol. The number of ether oxygens (including phenoxy) is 1. The number of fused-ring (bicyclic) bond motifs is 2. The van der Waals surface area contributed by atoms with Crippen LogP contribution in [0, 0.1) is 0 Å². The van der Waals surface area contributed by atoms with E-state index in [1.807, 2.05) is 32.0 Å². The molecule has 1 radical (unpaired) electrons. The van der Waals surface area contributed by atoms with Gasteiger partial charge in [-0.3, -0.25) is 4.79 Å². The van der Waals surface area contributed by atoms with Gasteiger partial charge in [0, 0.05) is 50.5 Å². The van der Waals surface area contributed by atoms with Crippen molar-refractivity contribution < 1.29 is 29.5 Å². The molecule has 0 saturated carbocycles. The van der Waals surface area contributed by atoms with Gasteiger partial charge in [-0.2, -0.15) is 0 Å². The third-order valence-corrected chi connectivity index (χ3v) is 4.28. The summed E-state index contributed by atoms with van der Waals surface area (Å²) in [4.78, 5) is 20.0. The number of anilines is 4. The molecular weight excluding hydrogens is 367 g/mol. The molecule has 6 nitrogen and oxygen atoms in total. The van der Waals surface area contributed by atoms with E-state index in [2.05, 4.69) is 27.3 Å². The molecule has 1 aromatic carbocycles. The molecule has 0 bridgehead atoms. The number of amides is 1. The van der Waals surface area contributed by atoms with Gasteiger partial charge in [0.1, 0.15) is 5.82 Å². The van der Waals surface area contributed by atoms with Crippen LogP contribution in [-0.4, -0.2) is 37.7 Å². The fraction of sp³-hybridized carbons (Fsp3) is 0.368. The fourth-order valence-corrected chi connectivity index (χ4v) is 3.05. The predicted octanol–water partition coefficient (Wildman–Crippen LogP) is 3.41. The van der Waals surface area contributed by atoms with E-state index in [1.54, 1.807) is 11.1 Å². The van der Waals surface area contributed by atoms with Crippen molar-refractivity contribution in [2.75, 3.05) is 41.4 Å². The smallest absolute Gasteiger partial charge is 0.214 e. The molecule has 0 spiro atoms. The van der Waals surface area contributed by atoms with E-state index in [1.165, 1.54) is 0 Å². The van der Waals surface area contributed by atoms with Crippen molar-refractivity contribution in [1.82, 2.24) is 4.98 Å². The molecule has 1 aromatic heterocycles. The molecule has 1 amide bonds. The van der Waals surface area contributed by atoms with E-state index < -0.39 is 0 Å². The van der Waals surface area contributed by atoms with Crippen molar-refractivity contribution in [2.45, 2.75) is 20.4 Å². The van der Waals surface area contributed by atoms with Gasteiger partial charge in [0.15, 0.2) is 0 Å². The van der Waals surface area contributed by atoms with Crippen molar-refractivity contribution >= 4 is 29.3 Å². The molecule has 26 heavy (non-hydrogen) atoms. The Morgan fingerprint density at radius 3 is 2.73 bits per heavy atom. The minimum absolute atomic E-state index is 0. The van der Waals surface area contributed by atoms with E-state index in [0.29, 0.717) is 6.54 Å². The van der Waals surface area contributed by atoms with Gasteiger partial charge in [-0.1, -0.05) is 19.9 Å². The number of morpholine rings is 1. The summed E-state index contributed by atoms with van der Waals surface area (Å²) in [6.45, 7) is 7.73. The topological polar surface area (TPSA) is 57.7 Å². The first-order chi connectivity index (χ1) is 12.3. The second kappa shape index (κ2) is 9.62. The van der Waals surface area contributed by atoms with E-state index in [0.717, 1.165) is 61.2 Å². The summed E-state index contributed by atoms with van der Waals surface area (Å²) in [7, 11) is 0. The van der Waals surface area contributed by atoms with Crippen LogP contribution in [-0.2, 0) is 34.6 Å². The quantitative estimate of drug-likeness (QED) is 0.793. The molecule has 1 saturated heterocycles. The first-order valence-corrected chi connectivity index (χ1v) is 8.75. The predicted molar refractivity (Wildman–Crippen MR) is 103 cm³/mol. The van der Waals surface area contributed by atoms with Gasteiger partial charge in [0.2, 0.25) is 6.41 Å². The SMILES string of the molecule is CC.O=CN1Cc2cccnc2Nc2ccc(N3CCOCC3)cc21.[HH].[V]. The van der Waals surface area contributed by atoms with Crippen LogP contribution in [0.5, 0.6) is 0 Å². The molecule has 3 heterocycles. The van der Waals surface area contributed by atoms with Crippen LogP contribution in [0.2, 0.25) is 0 Å². The van der Waals surface area contributed by atoms with Gasteiger partial charge in [-0.25, -0.2) is 4.98 Å². The Morgan fingerprint density at radius 1 is 1.23 bits per heavy atom. The minimum atomic E-state index is 0. The second-order valence-electron chi connectivity index (χ2n) is 5.67. The number of hydrogen-bond acceptors (Lipinski definition) is 5. The van der Waals surface area contributed by atoms with Gasteiger partial charge in [0.05, 0.1) is 31.1 Å². The maximum absolute atomic E-state index is 11.6. The van der Waals surface area contributed by atoms with Crippen LogP contribution >= 0.6 is 0 Å². The number of rotatable bonds is 2. The van der Waals surface area contributed by atoms with Crippen molar-refractivity contribution in [1.29, 1.82) is 0 Å². The summed E-state index contributed by atoms with van der Waals surface area (Å²) in [5.74, 6) is 0.803. The molecule has 2 aliphatic heterocycles. The molecule has 139 valence electrons. The molecule has 7 heteroatoms. The third kappa shape index (κ3) is 4.20. The van der Waals surface area contributed by atoms with E-state index >= 15 is 0 Å². The number of carbonyl (C=O) groups excluding carboxylic acids is 1. The first-order valence-electron chi connectivity index (χ1n) is 8.75. The Labute approximate surface area is 167 Å². The van der Waals surface area contributed by atoms with Gasteiger partial charge in [-0.15, -0.1) is 0 Å². The molecule has 0 unspecified atom stereocenters. The third-order valence-electron chi connectivity index (χ3n) is 4.28. The van der Waals surface area contributed by atoms with Crippen molar-refractivity contribution in [3.05, 3.63) is 42.1 Å². The summed E-state index contributed by atoms with van der Waals surface area (Å²) in [6, 6.07) is 10.0. The van der Waals surface area contributed by atoms with E-state index in [-0.39, 0.29) is 20.0 Å². The summed E-state index contributed by atoms with van der Waals surface area (Å²) < 4.78 is 5.41. The van der Waals surface area contributed by atoms with Crippen molar-refractivity contribution in [3.8, 4) is 0 Å². The Kier molecular flexibility index (Phi) is 7.51. The maximum Gasteiger partial charge on any atom is 0.214 e. The van der Waals surface area contributed by atoms with Crippen LogP contribution in [0.3, 0.4) is 0 Å². The zero-order chi connectivity index (χ0) is 17.6. The molecule has 1 N–H and O–H groups in total. The average molecular weight is 393 g/mol. The number of nitrogens with zero attached hydrogens (tertiary/aromatic N) is 3. The number of nitrogens with one attached hydrogen (secondary N) is 1. The Hall–Kier alpha value is -2.02. The Morgan fingerprint density at radius 2 is 2.00 bits per heavy atom. The maximum atomic E-state index is 11.6. The molecule has 0 atom stereocenters. The largest absolute Gasteiger partial charge is 0.378 e. The number of hydrogen-bond donors (Lipinski definition) is 1. The molecule has 0 aliphatic carbocycles. The summed E-state index contributed by atoms with van der Waals surface area (Å²) in [5, 5.41) is 3.34. The molecule has 2 aliphatic rings. The molecule has 1 fully saturated rings. The standard InChI is InChI=1S/C17H18N4O2.C2H6.V.H2/c22-12-21-11-13-2-1-5-18-17(13)19-15-4-3-14(10-16(15)21)20-6-8-23-9-7-20;1-2;;/h1-5,10,12H,6-9,11H2,(H,18,19);1-2H3;;1H. The number of pyridine rings is 1. The van der Waals surface area contributed by atoms with Gasteiger partial charge in [0.25, 0.3) is 0 Å². The first kappa shape index (κ1) is 20.3. The minimum Gasteiger partial charge on any atom is -0.378 e. The number of benzene rings is 1. The zero-order valence-corrected chi connectivity index (χ0v) is 16.6. The molecular formula is C19H26N4O2V. The van der Waals surface area contributed by atoms with Crippen LogP contribution in [0.1, 0.15) is 20.8 Å². The van der Waals surface area contributed by atoms with E-state index in [9.17, 15) is 4.79 Å². The van der Waals surface area contributed by atoms with Crippen molar-refractivity contribution in [3.63, 3.8) is 0 Å². The number of carbonyl (C=O) groups is 1. The Bertz CT molecular complexity index is 741. The fourth-order valence-electron chi connectivity index (χ4n) is 3.05.